The Balaban J connectivity index is 2.13. The molecule has 1 heterocycles. The summed E-state index contributed by atoms with van der Waals surface area (Å²) in [6, 6.07) is 5.05. The van der Waals surface area contributed by atoms with Crippen molar-refractivity contribution in [2.45, 2.75) is 32.7 Å². The van der Waals surface area contributed by atoms with Crippen molar-refractivity contribution < 1.29 is 49.5 Å². The Morgan fingerprint density at radius 2 is 1.89 bits per heavy atom. The number of aromatic nitrogens is 1. The summed E-state index contributed by atoms with van der Waals surface area (Å²) in [5, 5.41) is 1.84. The van der Waals surface area contributed by atoms with Gasteiger partial charge in [-0.2, -0.15) is 26.3 Å². The third kappa shape index (κ3) is 10.9. The molecule has 38 heavy (non-hydrogen) atoms. The molecule has 1 amide bonds. The normalized spacial score (nSPS) is 11.9. The second-order valence-electron chi connectivity index (χ2n) is 7.71. The van der Waals surface area contributed by atoms with Crippen LogP contribution < -0.4 is 19.5 Å². The topological polar surface area (TPSA) is 134 Å². The van der Waals surface area contributed by atoms with Crippen molar-refractivity contribution in [1.29, 1.82) is 0 Å². The molecule has 1 aromatic carbocycles. The van der Waals surface area contributed by atoms with Gasteiger partial charge in [-0.15, -0.1) is 0 Å². The Bertz CT molecular complexity index is 1180. The quantitative estimate of drug-likeness (QED) is 0.315. The van der Waals surface area contributed by atoms with Crippen LogP contribution in [0.2, 0.25) is 5.02 Å². The lowest BCUT2D eigenvalue weighted by molar-refractivity contribution is -0.137. The predicted molar refractivity (Wildman–Crippen MR) is 129 cm³/mol. The van der Waals surface area contributed by atoms with Crippen molar-refractivity contribution in [2.24, 2.45) is 0 Å². The molecular weight excluding hydrogens is 559 g/mol. The summed E-state index contributed by atoms with van der Waals surface area (Å²) in [5.74, 6) is -0.0177. The van der Waals surface area contributed by atoms with Gasteiger partial charge in [0.1, 0.15) is 23.1 Å². The molecule has 0 saturated heterocycles. The van der Waals surface area contributed by atoms with E-state index in [1.54, 1.807) is 13.8 Å². The molecule has 0 spiro atoms. The van der Waals surface area contributed by atoms with Crippen LogP contribution in [0.25, 0.3) is 0 Å². The van der Waals surface area contributed by atoms with Gasteiger partial charge in [-0.05, 0) is 32.0 Å². The van der Waals surface area contributed by atoms with E-state index in [-0.39, 0.29) is 56.2 Å². The van der Waals surface area contributed by atoms with Crippen molar-refractivity contribution in [3.05, 3.63) is 46.6 Å². The number of pyridine rings is 1. The van der Waals surface area contributed by atoms with Crippen LogP contribution in [0.3, 0.4) is 0 Å². The molecule has 0 atom stereocenters. The lowest BCUT2D eigenvalue weighted by atomic mass is 10.2. The van der Waals surface area contributed by atoms with Crippen LogP contribution in [0.5, 0.6) is 17.4 Å². The number of carbonyl (C=O) groups is 1. The van der Waals surface area contributed by atoms with E-state index >= 15 is 0 Å². The zero-order chi connectivity index (χ0) is 28.3. The molecular formula is C22H27ClF3N3O8S. The fourth-order valence-electron chi connectivity index (χ4n) is 2.66. The van der Waals surface area contributed by atoms with Crippen molar-refractivity contribution in [3.63, 3.8) is 0 Å². The van der Waals surface area contributed by atoms with Gasteiger partial charge in [0.25, 0.3) is 0 Å². The zero-order valence-electron chi connectivity index (χ0n) is 20.6. The van der Waals surface area contributed by atoms with Crippen LogP contribution in [0.1, 0.15) is 25.0 Å². The van der Waals surface area contributed by atoms with Gasteiger partial charge >= 0.3 is 22.6 Å². The number of hydrogen-bond acceptors (Lipinski definition) is 9. The molecule has 11 nitrogen and oxygen atoms in total. The van der Waals surface area contributed by atoms with Gasteiger partial charge in [-0.3, -0.25) is 0 Å². The molecule has 2 N–H and O–H groups in total. The lowest BCUT2D eigenvalue weighted by Gasteiger charge is -2.15. The van der Waals surface area contributed by atoms with Gasteiger partial charge in [0.2, 0.25) is 5.88 Å². The fraction of sp³-hybridized carbons (Fsp3) is 0.455. The molecule has 0 fully saturated rings. The summed E-state index contributed by atoms with van der Waals surface area (Å²) in [4.78, 5) is 15.7. The lowest BCUT2D eigenvalue weighted by Crippen LogP contribution is -2.35. The average molecular weight is 586 g/mol. The second kappa shape index (κ2) is 14.3. The van der Waals surface area contributed by atoms with Crippen molar-refractivity contribution in [2.75, 3.05) is 33.5 Å². The Morgan fingerprint density at radius 3 is 2.53 bits per heavy atom. The van der Waals surface area contributed by atoms with Crippen LogP contribution in [0.4, 0.5) is 18.0 Å². The number of alkyl halides is 3. The molecule has 0 aliphatic rings. The number of nitrogens with zero attached hydrogens (tertiary/aromatic N) is 1. The highest BCUT2D eigenvalue weighted by molar-refractivity contribution is 7.85. The van der Waals surface area contributed by atoms with Crippen LogP contribution in [-0.4, -0.2) is 59.1 Å². The highest BCUT2D eigenvalue weighted by Crippen LogP contribution is 2.36. The first-order valence-electron chi connectivity index (χ1n) is 11.0. The minimum absolute atomic E-state index is 0.0150. The van der Waals surface area contributed by atoms with Gasteiger partial charge in [0.15, 0.2) is 0 Å². The minimum atomic E-state index is -4.66. The van der Waals surface area contributed by atoms with Crippen molar-refractivity contribution in [3.8, 4) is 17.4 Å². The minimum Gasteiger partial charge on any atom is -0.491 e. The first-order valence-corrected chi connectivity index (χ1v) is 12.8. The molecule has 0 aliphatic carbocycles. The number of carbonyl (C=O) groups excluding carboxylic acids is 1. The molecule has 212 valence electrons. The van der Waals surface area contributed by atoms with E-state index in [1.165, 1.54) is 25.3 Å². The molecule has 0 saturated carbocycles. The Labute approximate surface area is 222 Å². The van der Waals surface area contributed by atoms with E-state index in [1.807, 2.05) is 0 Å². The largest absolute Gasteiger partial charge is 0.491 e. The van der Waals surface area contributed by atoms with E-state index in [0.29, 0.717) is 18.0 Å². The summed E-state index contributed by atoms with van der Waals surface area (Å²) in [6.07, 6.45) is -5.50. The van der Waals surface area contributed by atoms with E-state index in [9.17, 15) is 26.4 Å². The number of hydrogen-bond donors (Lipinski definition) is 2. The SMILES string of the molecule is COCCOc1ccc(CNC(=O)OS(=O)(=O)NCCOC(C)C)c(Oc2ncc(C(F)(F)F)cc2Cl)c1. The van der Waals surface area contributed by atoms with Gasteiger partial charge in [-0.1, -0.05) is 11.6 Å². The van der Waals surface area contributed by atoms with E-state index in [4.69, 9.17) is 30.5 Å². The van der Waals surface area contributed by atoms with Gasteiger partial charge in [-0.25, -0.2) is 9.78 Å². The maximum atomic E-state index is 12.9. The third-order valence-corrected chi connectivity index (χ3v) is 5.58. The summed E-state index contributed by atoms with van der Waals surface area (Å²) in [7, 11) is -2.92. The molecule has 2 rings (SSSR count). The number of halogens is 4. The monoisotopic (exact) mass is 585 g/mol. The maximum absolute atomic E-state index is 12.9. The van der Waals surface area contributed by atoms with Crippen LogP contribution in [0.15, 0.2) is 30.5 Å². The number of amides is 1. The Kier molecular flexibility index (Phi) is 11.8. The molecule has 1 aromatic heterocycles. The van der Waals surface area contributed by atoms with Crippen molar-refractivity contribution in [1.82, 2.24) is 15.0 Å². The number of methoxy groups -OCH3 is 1. The summed E-state index contributed by atoms with van der Waals surface area (Å²) < 4.78 is 90.3. The van der Waals surface area contributed by atoms with E-state index in [0.717, 1.165) is 0 Å². The van der Waals surface area contributed by atoms with Gasteiger partial charge in [0, 0.05) is 38.0 Å². The van der Waals surface area contributed by atoms with Gasteiger partial charge < -0.3 is 28.4 Å². The number of nitrogens with one attached hydrogen (secondary N) is 2. The number of rotatable bonds is 14. The first-order chi connectivity index (χ1) is 17.8. The standard InChI is InChI=1S/C22H27ClF3N3O8S/c1-14(2)34-7-6-29-38(31,32)37-21(30)28-12-15-4-5-17(35-9-8-33-3)11-19(15)36-20-18(23)10-16(13-27-20)22(24,25)26/h4-5,10-11,13-14,29H,6-9,12H2,1-3H3,(H,28,30). The van der Waals surface area contributed by atoms with Crippen LogP contribution >= 0.6 is 11.6 Å². The maximum Gasteiger partial charge on any atom is 0.423 e. The first kappa shape index (κ1) is 31.4. The molecule has 0 aliphatic heterocycles. The highest BCUT2D eigenvalue weighted by Gasteiger charge is 2.32. The zero-order valence-corrected chi connectivity index (χ0v) is 22.2. The predicted octanol–water partition coefficient (Wildman–Crippen LogP) is 4.06. The second-order valence-corrected chi connectivity index (χ2v) is 9.48. The Morgan fingerprint density at radius 1 is 1.16 bits per heavy atom. The van der Waals surface area contributed by atoms with Crippen LogP contribution in [-0.2, 0) is 36.7 Å². The molecule has 0 radical (unpaired) electrons. The average Bonchev–Trinajstić information content (AvgIpc) is 2.81. The van der Waals surface area contributed by atoms with Gasteiger partial charge in [0.05, 0.1) is 24.9 Å². The van der Waals surface area contributed by atoms with Crippen LogP contribution in [0, 0.1) is 0 Å². The highest BCUT2D eigenvalue weighted by atomic mass is 35.5. The number of ether oxygens (including phenoxy) is 4. The van der Waals surface area contributed by atoms with Crippen molar-refractivity contribution >= 4 is 28.0 Å². The molecule has 0 unspecified atom stereocenters. The van der Waals surface area contributed by atoms with E-state index in [2.05, 4.69) is 19.2 Å². The molecule has 0 bridgehead atoms. The summed E-state index contributed by atoms with van der Waals surface area (Å²) in [5.41, 5.74) is -0.795. The molecule has 2 aromatic rings. The van der Waals surface area contributed by atoms with E-state index < -0.39 is 33.2 Å². The fourth-order valence-corrected chi connectivity index (χ4v) is 3.51. The molecule has 16 heteroatoms. The Hall–Kier alpha value is -2.85. The third-order valence-electron chi connectivity index (χ3n) is 4.38. The smallest absolute Gasteiger partial charge is 0.423 e. The summed E-state index contributed by atoms with van der Waals surface area (Å²) in [6.45, 7) is 3.68. The summed E-state index contributed by atoms with van der Waals surface area (Å²) >= 11 is 5.94. The number of benzene rings is 1.